The molecule has 14 rings (SSSR count). The molecule has 0 spiro atoms. The van der Waals surface area contributed by atoms with E-state index in [-0.39, 0.29) is 7.43 Å². The molecule has 0 aromatic heterocycles. The van der Waals surface area contributed by atoms with Crippen molar-refractivity contribution >= 4 is 99.6 Å². The maximum Gasteiger partial charge on any atom is 0.0540 e. The minimum absolute atomic E-state index is 0. The Morgan fingerprint density at radius 3 is 0.878 bits per heavy atom. The quantitative estimate of drug-likeness (QED) is 0.101. The summed E-state index contributed by atoms with van der Waals surface area (Å²) in [5, 5.41) is 4.92. The highest BCUT2D eigenvalue weighted by Crippen LogP contribution is 2.44. The van der Waals surface area contributed by atoms with Crippen molar-refractivity contribution in [2.45, 2.75) is 35.1 Å². The van der Waals surface area contributed by atoms with Gasteiger partial charge in [-0.3, -0.25) is 0 Å². The van der Waals surface area contributed by atoms with Gasteiger partial charge in [-0.1, -0.05) is 214 Å². The number of aryl methyl sites for hydroxylation is 4. The van der Waals surface area contributed by atoms with Gasteiger partial charge in [0.15, 0.2) is 0 Å². The van der Waals surface area contributed by atoms with Crippen LogP contribution < -0.4 is 19.6 Å². The number of fused-ring (bicyclic) bond motifs is 2. The van der Waals surface area contributed by atoms with Gasteiger partial charge in [0.1, 0.15) is 0 Å². The van der Waals surface area contributed by atoms with Gasteiger partial charge in [-0.2, -0.15) is 9.79 Å². The van der Waals surface area contributed by atoms with Crippen molar-refractivity contribution in [3.8, 4) is 22.3 Å². The Balaban J connectivity index is 0.000000182. The first kappa shape index (κ1) is 58.3. The van der Waals surface area contributed by atoms with Crippen molar-refractivity contribution < 1.29 is 0 Å². The summed E-state index contributed by atoms with van der Waals surface area (Å²) >= 11 is 0. The molecule has 1 unspecified atom stereocenters. The zero-order valence-electron chi connectivity index (χ0n) is 52.6. The smallest absolute Gasteiger partial charge is 0.0540 e. The summed E-state index contributed by atoms with van der Waals surface area (Å²) in [5.41, 5.74) is 23.5. The first-order valence-electron chi connectivity index (χ1n) is 31.2. The monoisotopic (exact) mass is 1190 g/mol. The summed E-state index contributed by atoms with van der Waals surface area (Å²) in [4.78, 5) is 9.35. The second-order valence-corrected chi connectivity index (χ2v) is 22.5. The molecule has 0 aliphatic rings. The summed E-state index contributed by atoms with van der Waals surface area (Å²) < 4.78 is 11.8. The van der Waals surface area contributed by atoms with Crippen LogP contribution in [-0.2, 0) is 0 Å². The molecule has 14 aromatic rings. The van der Waals surface area contributed by atoms with Crippen LogP contribution in [0.2, 0.25) is 0 Å². The van der Waals surface area contributed by atoms with Crippen LogP contribution in [0.15, 0.2) is 340 Å². The SMILES string of the molecule is C.Cc1cc(N(c2ccccc2)c2cccc3ccccc23)ccc1-c1ccc(N(c2ccccc2)c2cccc3ccccc23)cc1C.Cc1cccc(N(c2ccccc2)c2ccc(-c3ccc(N(c4ccccc4)c4cccc(C)c4)cc3)cc2)c1.[2H]P[3H]. The van der Waals surface area contributed by atoms with Gasteiger partial charge >= 0.3 is 0 Å². The van der Waals surface area contributed by atoms with Crippen LogP contribution in [0.4, 0.5) is 68.2 Å². The number of rotatable bonds is 14. The molecule has 0 fully saturated rings. The van der Waals surface area contributed by atoms with Gasteiger partial charge in [0.05, 0.1) is 13.9 Å². The van der Waals surface area contributed by atoms with Crippen LogP contribution in [0.1, 0.15) is 29.7 Å². The lowest BCUT2D eigenvalue weighted by atomic mass is 9.95. The van der Waals surface area contributed by atoms with Crippen LogP contribution in [0.5, 0.6) is 0 Å². The summed E-state index contributed by atoms with van der Waals surface area (Å²) in [5.74, 6) is 0. The minimum atomic E-state index is -0.417. The lowest BCUT2D eigenvalue weighted by Crippen LogP contribution is -2.11. The maximum absolute atomic E-state index is 5.90. The first-order valence-corrected chi connectivity index (χ1v) is 30.2. The van der Waals surface area contributed by atoms with Gasteiger partial charge in [-0.25, -0.2) is 0 Å². The fourth-order valence-corrected chi connectivity index (χ4v) is 12.2. The summed E-state index contributed by atoms with van der Waals surface area (Å²) in [7, 11) is -0.417. The molecule has 0 N–H and O–H groups in total. The van der Waals surface area contributed by atoms with Gasteiger partial charge < -0.3 is 19.6 Å². The zero-order chi connectivity index (χ0) is 62.5. The predicted molar refractivity (Wildman–Crippen MR) is 394 cm³/mol. The van der Waals surface area contributed by atoms with Crippen LogP contribution >= 0.6 is 9.79 Å². The van der Waals surface area contributed by atoms with E-state index < -0.39 is 9.79 Å². The Kier molecular flexibility index (Phi) is 18.1. The Morgan fingerprint density at radius 1 is 0.267 bits per heavy atom. The Hall–Kier alpha value is -10.8. The van der Waals surface area contributed by atoms with E-state index in [2.05, 4.69) is 387 Å². The number of nitrogens with zero attached hydrogens (tertiary/aromatic N) is 4. The van der Waals surface area contributed by atoms with E-state index in [1.54, 1.807) is 0 Å². The van der Waals surface area contributed by atoms with E-state index in [0.29, 0.717) is 0 Å². The normalized spacial score (nSPS) is 11.1. The zero-order valence-corrected chi connectivity index (χ0v) is 51.6. The van der Waals surface area contributed by atoms with Crippen LogP contribution in [0.25, 0.3) is 43.8 Å². The molecule has 0 amide bonds. The van der Waals surface area contributed by atoms with Crippen molar-refractivity contribution in [1.82, 2.24) is 0 Å². The number of benzene rings is 14. The van der Waals surface area contributed by atoms with Crippen molar-refractivity contribution in [3.63, 3.8) is 0 Å². The number of para-hydroxylation sites is 4. The van der Waals surface area contributed by atoms with Crippen molar-refractivity contribution in [1.29, 1.82) is 2.56 Å². The van der Waals surface area contributed by atoms with Crippen molar-refractivity contribution in [3.05, 3.63) is 362 Å². The van der Waals surface area contributed by atoms with Gasteiger partial charge in [0.25, 0.3) is 0 Å². The molecule has 5 heteroatoms. The summed E-state index contributed by atoms with van der Waals surface area (Å²) in [6.45, 7) is 8.73. The van der Waals surface area contributed by atoms with Gasteiger partial charge in [0.2, 0.25) is 0 Å². The molecule has 0 saturated carbocycles. The van der Waals surface area contributed by atoms with Crippen LogP contribution in [0.3, 0.4) is 0 Å². The largest absolute Gasteiger partial charge is 0.310 e. The third-order valence-corrected chi connectivity index (χ3v) is 16.4. The molecule has 1 atom stereocenters. The fraction of sp³-hybridized carbons (Fsp3) is 0.0588. The molecule has 90 heavy (non-hydrogen) atoms. The van der Waals surface area contributed by atoms with E-state index in [9.17, 15) is 0 Å². The topological polar surface area (TPSA) is 13.0 Å². The molecule has 0 aliphatic heterocycles. The van der Waals surface area contributed by atoms with Crippen LogP contribution in [-0.4, -0.2) is 2.56 Å². The van der Waals surface area contributed by atoms with Gasteiger partial charge in [-0.15, -0.1) is 0 Å². The summed E-state index contributed by atoms with van der Waals surface area (Å²) in [6, 6.07) is 121. The van der Waals surface area contributed by atoms with Crippen LogP contribution in [0, 0.1) is 27.7 Å². The fourth-order valence-electron chi connectivity index (χ4n) is 12.2. The highest BCUT2D eigenvalue weighted by molar-refractivity contribution is 6.92. The van der Waals surface area contributed by atoms with Crippen molar-refractivity contribution in [2.75, 3.05) is 19.6 Å². The van der Waals surface area contributed by atoms with E-state index in [4.69, 9.17) is 2.56 Å². The molecular weight excluding hydrogens is 1110 g/mol. The average Bonchev–Trinajstić information content (AvgIpc) is 0.818. The summed E-state index contributed by atoms with van der Waals surface area (Å²) in [6.07, 6.45) is 0. The molecule has 0 radical (unpaired) electrons. The van der Waals surface area contributed by atoms with E-state index >= 15 is 0 Å². The Morgan fingerprint density at radius 2 is 0.533 bits per heavy atom. The second kappa shape index (κ2) is 27.9. The standard InChI is InChI=1S/C46H36N2.C38H32N2.CH4.H3P/c1-33-31-39(47(37-19-5-3-6-20-37)45-25-13-17-35-15-9-11-23-43(35)45)27-29-41(33)42-30-28-40(32-34(42)2)48(38-21-7-4-8-22-38)46-26-14-18-36-16-10-12-24-44(36)46;1-29-11-9-17-37(27-29)39(33-13-5-3-6-14-33)35-23-19-31(20-24-35)32-21-25-36(26-22-32)40(34-15-7-4-8-16-34)38-18-10-12-30(2)28-38;;/h3-32H,1-2H3;3-28H,1-2H3;1H4;1H3/i;;;1TD. The van der Waals surface area contributed by atoms with Gasteiger partial charge in [0, 0.05) is 67.6 Å². The molecular formula is C85H75N4P. The Bertz CT molecular complexity index is 4390. The number of hydrogen-bond acceptors (Lipinski definition) is 4. The van der Waals surface area contributed by atoms with E-state index in [0.717, 1.165) is 56.9 Å². The Labute approximate surface area is 538 Å². The average molecular weight is 1190 g/mol. The number of hydrogen-bond donors (Lipinski definition) is 0. The highest BCUT2D eigenvalue weighted by Gasteiger charge is 2.21. The molecule has 440 valence electrons. The third-order valence-electron chi connectivity index (χ3n) is 16.4. The third kappa shape index (κ3) is 13.1. The van der Waals surface area contributed by atoms with E-state index in [1.165, 1.54) is 77.4 Å². The maximum atomic E-state index is 5.90. The lowest BCUT2D eigenvalue weighted by Gasteiger charge is -2.28. The van der Waals surface area contributed by atoms with Gasteiger partial charge in [-0.05, 0) is 216 Å². The molecule has 0 heterocycles. The molecule has 4 nitrogen and oxygen atoms in total. The predicted octanol–water partition coefficient (Wildman–Crippen LogP) is 24.8. The molecule has 0 saturated heterocycles. The second-order valence-electron chi connectivity index (χ2n) is 22.5. The molecule has 0 bridgehead atoms. The minimum Gasteiger partial charge on any atom is -0.310 e. The lowest BCUT2D eigenvalue weighted by molar-refractivity contribution is 1.27. The molecule has 14 aromatic carbocycles. The van der Waals surface area contributed by atoms with E-state index in [1.807, 2.05) is 0 Å². The number of anilines is 12. The first-order chi connectivity index (χ1) is 44.7. The molecule has 0 aliphatic carbocycles. The highest BCUT2D eigenvalue weighted by atomic mass is 31.0. The van der Waals surface area contributed by atoms with Crippen molar-refractivity contribution in [2.24, 2.45) is 0 Å².